The first kappa shape index (κ1) is 11.4. The van der Waals surface area contributed by atoms with Crippen LogP contribution in [0.2, 0.25) is 0 Å². The molecule has 0 aromatic rings. The number of hydrogen-bond donors (Lipinski definition) is 0. The van der Waals surface area contributed by atoms with Crippen molar-refractivity contribution in [2.75, 3.05) is 6.61 Å². The number of halogens is 4. The second kappa shape index (κ2) is 4.43. The number of hydrogen-bond acceptors (Lipinski definition) is 2. The summed E-state index contributed by atoms with van der Waals surface area (Å²) in [7, 11) is 0. The lowest BCUT2D eigenvalue weighted by atomic mass is 10.7. The van der Waals surface area contributed by atoms with Gasteiger partial charge in [0.15, 0.2) is 6.61 Å². The molecule has 0 atom stereocenters. The number of alkyl halides is 3. The summed E-state index contributed by atoms with van der Waals surface area (Å²) >= 11 is 0. The summed E-state index contributed by atoms with van der Waals surface area (Å²) in [5.41, 5.74) is 0. The first-order valence-corrected chi connectivity index (χ1v) is 1.68. The predicted molar refractivity (Wildman–Crippen MR) is 25.3 cm³/mol. The molecule has 0 aliphatic heterocycles. The van der Waals surface area contributed by atoms with Gasteiger partial charge < -0.3 is 4.74 Å². The summed E-state index contributed by atoms with van der Waals surface area (Å²) in [6, 6.07) is 0. The van der Waals surface area contributed by atoms with Gasteiger partial charge in [-0.05, 0) is 0 Å². The molecule has 56 valence electrons. The van der Waals surface area contributed by atoms with Crippen LogP contribution in [0, 0.1) is 0 Å². The summed E-state index contributed by atoms with van der Waals surface area (Å²) in [4.78, 5) is 9.13. The van der Waals surface area contributed by atoms with Crippen LogP contribution >= 0.6 is 12.4 Å². The van der Waals surface area contributed by atoms with Crippen LogP contribution in [0.15, 0.2) is 0 Å². The van der Waals surface area contributed by atoms with Crippen LogP contribution in [0.3, 0.4) is 0 Å². The monoisotopic (exact) mass is 164 g/mol. The highest BCUT2D eigenvalue weighted by Gasteiger charge is 2.27. The fourth-order valence-electron chi connectivity index (χ4n) is 0.129. The zero-order valence-corrected chi connectivity index (χ0v) is 4.96. The molecule has 0 aliphatic carbocycles. The molecule has 0 amide bonds. The lowest BCUT2D eigenvalue weighted by Crippen LogP contribution is -2.15. The minimum Gasteiger partial charge on any atom is -0.458 e. The fraction of sp³-hybridized carbons (Fsp3) is 0.667. The van der Waals surface area contributed by atoms with Gasteiger partial charge in [-0.2, -0.15) is 13.2 Å². The molecule has 0 aromatic heterocycles. The summed E-state index contributed by atoms with van der Waals surface area (Å²) in [5, 5.41) is 0. The molecule has 0 bridgehead atoms. The molecule has 6 heteroatoms. The van der Waals surface area contributed by atoms with Crippen molar-refractivity contribution >= 4 is 18.9 Å². The van der Waals surface area contributed by atoms with E-state index >= 15 is 0 Å². The average Bonchev–Trinajstić information content (AvgIpc) is 1.59. The number of carbonyl (C=O) groups excluding carboxylic acids is 1. The van der Waals surface area contributed by atoms with Gasteiger partial charge in [0.25, 0.3) is 6.47 Å². The third-order valence-corrected chi connectivity index (χ3v) is 0.315. The second-order valence-corrected chi connectivity index (χ2v) is 1.02. The highest BCUT2D eigenvalue weighted by atomic mass is 35.5. The van der Waals surface area contributed by atoms with Crippen LogP contribution in [0.25, 0.3) is 0 Å². The molecule has 0 aromatic carbocycles. The summed E-state index contributed by atoms with van der Waals surface area (Å²) in [6.45, 7) is -1.75. The molecular formula is C3H4ClF3O2. The second-order valence-electron chi connectivity index (χ2n) is 1.02. The third-order valence-electron chi connectivity index (χ3n) is 0.315. The van der Waals surface area contributed by atoms with E-state index in [1.54, 1.807) is 0 Å². The Morgan fingerprint density at radius 2 is 1.89 bits per heavy atom. The van der Waals surface area contributed by atoms with E-state index in [0.717, 1.165) is 0 Å². The molecule has 0 saturated carbocycles. The van der Waals surface area contributed by atoms with Gasteiger partial charge in [-0.15, -0.1) is 12.4 Å². The lowest BCUT2D eigenvalue weighted by molar-refractivity contribution is -0.177. The van der Waals surface area contributed by atoms with Gasteiger partial charge in [0.2, 0.25) is 0 Å². The van der Waals surface area contributed by atoms with E-state index in [4.69, 9.17) is 4.79 Å². The van der Waals surface area contributed by atoms with E-state index in [9.17, 15) is 13.2 Å². The molecule has 0 spiro atoms. The molecule has 0 N–H and O–H groups in total. The van der Waals surface area contributed by atoms with Crippen molar-refractivity contribution < 1.29 is 22.7 Å². The lowest BCUT2D eigenvalue weighted by Gasteiger charge is -2.01. The normalized spacial score (nSPS) is 9.67. The summed E-state index contributed by atoms with van der Waals surface area (Å²) in [5.74, 6) is 0. The number of ether oxygens (including phenoxy) is 1. The third kappa shape index (κ3) is 11.2. The zero-order chi connectivity index (χ0) is 6.62. The highest BCUT2D eigenvalue weighted by molar-refractivity contribution is 5.85. The standard InChI is InChI=1S/C3H3F3O2.ClH/c4-3(5,6)1-8-2-7;/h2H,1H2;1H. The molecule has 0 saturated heterocycles. The Balaban J connectivity index is 0. The van der Waals surface area contributed by atoms with E-state index in [1.807, 2.05) is 0 Å². The SMILES string of the molecule is Cl.O=COCC(F)(F)F. The Labute approximate surface area is 55.4 Å². The van der Waals surface area contributed by atoms with Gasteiger partial charge in [0, 0.05) is 0 Å². The Morgan fingerprint density at radius 3 is 2.00 bits per heavy atom. The topological polar surface area (TPSA) is 26.3 Å². The Hall–Kier alpha value is -0.450. The average molecular weight is 165 g/mol. The van der Waals surface area contributed by atoms with Gasteiger partial charge in [-0.3, -0.25) is 4.79 Å². The quantitative estimate of drug-likeness (QED) is 0.572. The Kier molecular flexibility index (Phi) is 5.59. The van der Waals surface area contributed by atoms with E-state index in [1.165, 1.54) is 0 Å². The fourth-order valence-corrected chi connectivity index (χ4v) is 0.129. The van der Waals surface area contributed by atoms with Crippen molar-refractivity contribution in [1.29, 1.82) is 0 Å². The van der Waals surface area contributed by atoms with Gasteiger partial charge >= 0.3 is 6.18 Å². The zero-order valence-electron chi connectivity index (χ0n) is 4.14. The first-order chi connectivity index (χ1) is 3.56. The van der Waals surface area contributed by atoms with Crippen LogP contribution in [-0.4, -0.2) is 19.3 Å². The van der Waals surface area contributed by atoms with Gasteiger partial charge in [-0.1, -0.05) is 0 Å². The maximum atomic E-state index is 11.0. The highest BCUT2D eigenvalue weighted by Crippen LogP contribution is 2.13. The molecule has 0 aliphatic rings. The molecule has 2 nitrogen and oxygen atoms in total. The maximum Gasteiger partial charge on any atom is 0.422 e. The van der Waals surface area contributed by atoms with E-state index in [2.05, 4.69) is 4.74 Å². The Bertz CT molecular complexity index is 81.6. The van der Waals surface area contributed by atoms with Gasteiger partial charge in [0.05, 0.1) is 0 Å². The van der Waals surface area contributed by atoms with E-state index in [-0.39, 0.29) is 18.9 Å². The van der Waals surface area contributed by atoms with Crippen molar-refractivity contribution in [3.63, 3.8) is 0 Å². The molecular weight excluding hydrogens is 160 g/mol. The van der Waals surface area contributed by atoms with Crippen molar-refractivity contribution in [3.05, 3.63) is 0 Å². The predicted octanol–water partition coefficient (Wildman–Crippen LogP) is 1.14. The molecule has 9 heavy (non-hydrogen) atoms. The minimum atomic E-state index is -4.40. The molecule has 0 unspecified atom stereocenters. The van der Waals surface area contributed by atoms with Crippen LogP contribution in [0.1, 0.15) is 0 Å². The molecule has 0 radical (unpaired) electrons. The molecule has 0 heterocycles. The molecule has 0 fully saturated rings. The first-order valence-electron chi connectivity index (χ1n) is 1.68. The van der Waals surface area contributed by atoms with E-state index in [0.29, 0.717) is 0 Å². The van der Waals surface area contributed by atoms with Crippen molar-refractivity contribution in [2.24, 2.45) is 0 Å². The van der Waals surface area contributed by atoms with Crippen LogP contribution in [0.4, 0.5) is 13.2 Å². The smallest absolute Gasteiger partial charge is 0.422 e. The van der Waals surface area contributed by atoms with Crippen LogP contribution in [-0.2, 0) is 9.53 Å². The van der Waals surface area contributed by atoms with E-state index < -0.39 is 12.8 Å². The van der Waals surface area contributed by atoms with Gasteiger partial charge in [0.1, 0.15) is 0 Å². The van der Waals surface area contributed by atoms with Crippen LogP contribution in [0.5, 0.6) is 0 Å². The van der Waals surface area contributed by atoms with Gasteiger partial charge in [-0.25, -0.2) is 0 Å². The number of carbonyl (C=O) groups is 1. The minimum absolute atomic E-state index is 0. The van der Waals surface area contributed by atoms with Crippen molar-refractivity contribution in [1.82, 2.24) is 0 Å². The van der Waals surface area contributed by atoms with Crippen molar-refractivity contribution in [3.8, 4) is 0 Å². The molecule has 0 rings (SSSR count). The summed E-state index contributed by atoms with van der Waals surface area (Å²) < 4.78 is 36.3. The largest absolute Gasteiger partial charge is 0.458 e. The number of rotatable bonds is 2. The van der Waals surface area contributed by atoms with Crippen molar-refractivity contribution in [2.45, 2.75) is 6.18 Å². The maximum absolute atomic E-state index is 11.0. The summed E-state index contributed by atoms with van der Waals surface area (Å²) in [6.07, 6.45) is -4.40. The Morgan fingerprint density at radius 1 is 1.44 bits per heavy atom. The van der Waals surface area contributed by atoms with Crippen LogP contribution < -0.4 is 0 Å².